The maximum Gasteiger partial charge on any atom is 0.0998 e. The molecule has 0 unspecified atom stereocenters. The number of nitriles is 2. The smallest absolute Gasteiger partial charge is 0.0998 e. The number of hydrogen-bond acceptors (Lipinski definition) is 2. The number of hydrogen-bond donors (Lipinski definition) is 0. The van der Waals surface area contributed by atoms with E-state index in [1.165, 1.54) is 47.9 Å². The largest absolute Gasteiger partial charge is 0.192 e. The van der Waals surface area contributed by atoms with Gasteiger partial charge < -0.3 is 0 Å². The van der Waals surface area contributed by atoms with Crippen LogP contribution in [0.2, 0.25) is 0 Å². The number of nitrogens with zero attached hydrogens (tertiary/aromatic N) is 2. The minimum atomic E-state index is 0.728. The van der Waals surface area contributed by atoms with E-state index in [2.05, 4.69) is 24.3 Å². The van der Waals surface area contributed by atoms with Gasteiger partial charge in [0.05, 0.1) is 23.3 Å². The Morgan fingerprint density at radius 1 is 0.583 bits per heavy atom. The highest BCUT2D eigenvalue weighted by molar-refractivity contribution is 5.83. The van der Waals surface area contributed by atoms with Crippen LogP contribution >= 0.6 is 0 Å². The molecule has 0 atom stereocenters. The van der Waals surface area contributed by atoms with Crippen LogP contribution in [-0.4, -0.2) is 0 Å². The molecule has 0 N–H and O–H groups in total. The van der Waals surface area contributed by atoms with Crippen LogP contribution in [0, 0.1) is 22.7 Å². The highest BCUT2D eigenvalue weighted by Crippen LogP contribution is 2.40. The molecule has 2 heteroatoms. The molecule has 0 heterocycles. The second-order valence-electron chi connectivity index (χ2n) is 6.89. The number of rotatable bonds is 1. The monoisotopic (exact) mass is 312 g/mol. The first kappa shape index (κ1) is 15.0. The van der Waals surface area contributed by atoms with Gasteiger partial charge in [-0.15, -0.1) is 0 Å². The Kier molecular flexibility index (Phi) is 3.83. The van der Waals surface area contributed by atoms with Crippen molar-refractivity contribution in [2.24, 2.45) is 0 Å². The third kappa shape index (κ3) is 2.31. The first-order valence-corrected chi connectivity index (χ1v) is 8.93. The van der Waals surface area contributed by atoms with E-state index in [9.17, 15) is 10.5 Å². The molecule has 2 aliphatic rings. The van der Waals surface area contributed by atoms with Crippen LogP contribution in [0.1, 0.15) is 59.1 Å². The lowest BCUT2D eigenvalue weighted by atomic mass is 9.78. The van der Waals surface area contributed by atoms with Gasteiger partial charge in [-0.2, -0.15) is 10.5 Å². The van der Waals surface area contributed by atoms with Crippen molar-refractivity contribution in [2.45, 2.75) is 51.4 Å². The molecule has 0 aromatic heterocycles. The van der Waals surface area contributed by atoms with Gasteiger partial charge in [0, 0.05) is 11.1 Å². The second-order valence-corrected chi connectivity index (χ2v) is 6.89. The van der Waals surface area contributed by atoms with Gasteiger partial charge in [-0.05, 0) is 85.8 Å². The SMILES string of the molecule is N#Cc1ccc2c(c1-c1c(C#N)ccc3c1CCCC3)CCCC2. The summed E-state index contributed by atoms with van der Waals surface area (Å²) in [7, 11) is 0. The molecular formula is C22H20N2. The summed E-state index contributed by atoms with van der Waals surface area (Å²) in [4.78, 5) is 0. The predicted octanol–water partition coefficient (Wildman–Crippen LogP) is 4.85. The minimum absolute atomic E-state index is 0.728. The first-order valence-electron chi connectivity index (χ1n) is 8.93. The maximum atomic E-state index is 9.72. The summed E-state index contributed by atoms with van der Waals surface area (Å²) in [6.45, 7) is 0. The Labute approximate surface area is 143 Å². The number of aryl methyl sites for hydroxylation is 2. The topological polar surface area (TPSA) is 47.6 Å². The van der Waals surface area contributed by atoms with E-state index in [1.54, 1.807) is 0 Å². The molecule has 0 fully saturated rings. The van der Waals surface area contributed by atoms with Gasteiger partial charge in [0.2, 0.25) is 0 Å². The van der Waals surface area contributed by atoms with Crippen molar-refractivity contribution in [3.05, 3.63) is 57.6 Å². The number of benzene rings is 2. The van der Waals surface area contributed by atoms with E-state index >= 15 is 0 Å². The van der Waals surface area contributed by atoms with E-state index in [0.29, 0.717) is 0 Å². The molecule has 0 radical (unpaired) electrons. The zero-order chi connectivity index (χ0) is 16.5. The van der Waals surface area contributed by atoms with Gasteiger partial charge in [-0.3, -0.25) is 0 Å². The van der Waals surface area contributed by atoms with Crippen LogP contribution in [0.3, 0.4) is 0 Å². The van der Waals surface area contributed by atoms with Gasteiger partial charge in [-0.25, -0.2) is 0 Å². The molecule has 2 aromatic carbocycles. The average molecular weight is 312 g/mol. The standard InChI is InChI=1S/C22H20N2/c23-13-17-11-9-15-5-1-3-7-19(15)21(17)22-18(14-24)12-10-16-6-2-4-8-20(16)22/h9-12H,1-8H2. The van der Waals surface area contributed by atoms with Crippen molar-refractivity contribution in [2.75, 3.05) is 0 Å². The molecule has 118 valence electrons. The number of fused-ring (bicyclic) bond motifs is 2. The van der Waals surface area contributed by atoms with E-state index in [4.69, 9.17) is 0 Å². The molecule has 0 aliphatic heterocycles. The third-order valence-corrected chi connectivity index (χ3v) is 5.56. The van der Waals surface area contributed by atoms with E-state index in [0.717, 1.165) is 47.9 Å². The van der Waals surface area contributed by atoms with Crippen molar-refractivity contribution in [3.8, 4) is 23.3 Å². The van der Waals surface area contributed by atoms with Crippen LogP contribution in [0.4, 0.5) is 0 Å². The van der Waals surface area contributed by atoms with Crippen LogP contribution < -0.4 is 0 Å². The molecule has 2 nitrogen and oxygen atoms in total. The maximum absolute atomic E-state index is 9.72. The molecule has 0 saturated heterocycles. The van der Waals surface area contributed by atoms with Crippen molar-refractivity contribution >= 4 is 0 Å². The average Bonchev–Trinajstić information content (AvgIpc) is 2.66. The molecule has 2 aliphatic carbocycles. The van der Waals surface area contributed by atoms with Crippen LogP contribution in [0.25, 0.3) is 11.1 Å². The zero-order valence-electron chi connectivity index (χ0n) is 13.9. The molecule has 0 bridgehead atoms. The van der Waals surface area contributed by atoms with Crippen LogP contribution in [-0.2, 0) is 25.7 Å². The fourth-order valence-corrected chi connectivity index (χ4v) is 4.41. The second kappa shape index (κ2) is 6.14. The molecule has 24 heavy (non-hydrogen) atoms. The molecule has 2 aromatic rings. The molecule has 0 spiro atoms. The van der Waals surface area contributed by atoms with Crippen molar-refractivity contribution in [1.29, 1.82) is 10.5 Å². The van der Waals surface area contributed by atoms with E-state index < -0.39 is 0 Å². The van der Waals surface area contributed by atoms with Gasteiger partial charge in [0.25, 0.3) is 0 Å². The lowest BCUT2D eigenvalue weighted by Crippen LogP contribution is -2.11. The summed E-state index contributed by atoms with van der Waals surface area (Å²) >= 11 is 0. The zero-order valence-corrected chi connectivity index (χ0v) is 13.9. The summed E-state index contributed by atoms with van der Waals surface area (Å²) in [6.07, 6.45) is 9.00. The highest BCUT2D eigenvalue weighted by atomic mass is 14.3. The molecular weight excluding hydrogens is 292 g/mol. The summed E-state index contributed by atoms with van der Waals surface area (Å²) in [5, 5.41) is 19.4. The van der Waals surface area contributed by atoms with Gasteiger partial charge >= 0.3 is 0 Å². The summed E-state index contributed by atoms with van der Waals surface area (Å²) < 4.78 is 0. The fourth-order valence-electron chi connectivity index (χ4n) is 4.41. The minimum Gasteiger partial charge on any atom is -0.192 e. The quantitative estimate of drug-likeness (QED) is 0.755. The van der Waals surface area contributed by atoms with Gasteiger partial charge in [0.1, 0.15) is 0 Å². The Morgan fingerprint density at radius 3 is 1.42 bits per heavy atom. The Bertz CT molecular complexity index is 818. The Balaban J connectivity index is 2.07. The van der Waals surface area contributed by atoms with Crippen LogP contribution in [0.15, 0.2) is 24.3 Å². The fraction of sp³-hybridized carbons (Fsp3) is 0.364. The summed E-state index contributed by atoms with van der Waals surface area (Å²) in [5.74, 6) is 0. The van der Waals surface area contributed by atoms with Gasteiger partial charge in [0.15, 0.2) is 0 Å². The van der Waals surface area contributed by atoms with E-state index in [-0.39, 0.29) is 0 Å². The molecule has 0 saturated carbocycles. The molecule has 0 amide bonds. The summed E-state index contributed by atoms with van der Waals surface area (Å²) in [6, 6.07) is 13.0. The predicted molar refractivity (Wildman–Crippen MR) is 94.6 cm³/mol. The first-order chi connectivity index (χ1) is 11.8. The Morgan fingerprint density at radius 2 is 1.00 bits per heavy atom. The Hall–Kier alpha value is -2.58. The van der Waals surface area contributed by atoms with Gasteiger partial charge in [-0.1, -0.05) is 12.1 Å². The third-order valence-electron chi connectivity index (χ3n) is 5.56. The lowest BCUT2D eigenvalue weighted by Gasteiger charge is -2.25. The van der Waals surface area contributed by atoms with E-state index in [1.807, 2.05) is 12.1 Å². The molecule has 4 rings (SSSR count). The van der Waals surface area contributed by atoms with Crippen molar-refractivity contribution in [3.63, 3.8) is 0 Å². The summed E-state index contributed by atoms with van der Waals surface area (Å²) in [5.41, 5.74) is 8.94. The lowest BCUT2D eigenvalue weighted by molar-refractivity contribution is 0.681. The van der Waals surface area contributed by atoms with Crippen LogP contribution in [0.5, 0.6) is 0 Å². The van der Waals surface area contributed by atoms with Crippen molar-refractivity contribution < 1.29 is 0 Å². The highest BCUT2D eigenvalue weighted by Gasteiger charge is 2.24. The normalized spacial score (nSPS) is 15.8. The van der Waals surface area contributed by atoms with Crippen molar-refractivity contribution in [1.82, 2.24) is 0 Å².